The summed E-state index contributed by atoms with van der Waals surface area (Å²) in [6.07, 6.45) is 6.09. The van der Waals surface area contributed by atoms with E-state index in [2.05, 4.69) is 6.92 Å². The molecule has 1 aromatic carbocycles. The van der Waals surface area contributed by atoms with Crippen LogP contribution in [0.1, 0.15) is 46.0 Å². The average Bonchev–Trinajstić information content (AvgIpc) is 2.45. The lowest BCUT2D eigenvalue weighted by Crippen LogP contribution is -2.43. The summed E-state index contributed by atoms with van der Waals surface area (Å²) in [5.74, 6) is 2.55. The van der Waals surface area contributed by atoms with Crippen molar-refractivity contribution in [1.82, 2.24) is 0 Å². The van der Waals surface area contributed by atoms with E-state index in [0.29, 0.717) is 6.61 Å². The Morgan fingerprint density at radius 3 is 2.45 bits per heavy atom. The highest BCUT2D eigenvalue weighted by molar-refractivity contribution is 5.31. The third-order valence-electron chi connectivity index (χ3n) is 4.07. The van der Waals surface area contributed by atoms with E-state index in [4.69, 9.17) is 15.2 Å². The highest BCUT2D eigenvalue weighted by atomic mass is 16.5. The molecule has 0 heterocycles. The third-order valence-corrected chi connectivity index (χ3v) is 4.07. The largest absolute Gasteiger partial charge is 0.494 e. The molecule has 3 unspecified atom stereocenters. The molecule has 0 radical (unpaired) electrons. The standard InChI is InChI=1S/C17H27NO2/c1-3-5-13-6-11-16(18)17(12-13)20-15-9-7-14(8-10-15)19-4-2/h7-10,13,16-17H,3-6,11-12,18H2,1-2H3. The van der Waals surface area contributed by atoms with Gasteiger partial charge in [0.1, 0.15) is 17.6 Å². The maximum absolute atomic E-state index is 6.21. The summed E-state index contributed by atoms with van der Waals surface area (Å²) in [4.78, 5) is 0. The minimum absolute atomic E-state index is 0.151. The van der Waals surface area contributed by atoms with Gasteiger partial charge in [-0.3, -0.25) is 0 Å². The molecule has 0 bridgehead atoms. The second kappa shape index (κ2) is 7.53. The first kappa shape index (κ1) is 15.2. The van der Waals surface area contributed by atoms with Crippen LogP contribution in [0.3, 0.4) is 0 Å². The molecule has 0 saturated heterocycles. The minimum atomic E-state index is 0.151. The highest BCUT2D eigenvalue weighted by Crippen LogP contribution is 2.30. The van der Waals surface area contributed by atoms with Crippen molar-refractivity contribution in [3.8, 4) is 11.5 Å². The fourth-order valence-corrected chi connectivity index (χ4v) is 3.00. The predicted octanol–water partition coefficient (Wildman–Crippen LogP) is 3.76. The van der Waals surface area contributed by atoms with Gasteiger partial charge in [0.15, 0.2) is 0 Å². The zero-order valence-corrected chi connectivity index (χ0v) is 12.7. The first-order valence-electron chi connectivity index (χ1n) is 7.88. The lowest BCUT2D eigenvalue weighted by molar-refractivity contribution is 0.0992. The Morgan fingerprint density at radius 1 is 1.10 bits per heavy atom. The van der Waals surface area contributed by atoms with Crippen LogP contribution >= 0.6 is 0 Å². The Morgan fingerprint density at radius 2 is 1.80 bits per heavy atom. The number of ether oxygens (including phenoxy) is 2. The summed E-state index contributed by atoms with van der Waals surface area (Å²) >= 11 is 0. The molecule has 3 nitrogen and oxygen atoms in total. The first-order valence-corrected chi connectivity index (χ1v) is 7.88. The number of nitrogens with two attached hydrogens (primary N) is 1. The van der Waals surface area contributed by atoms with Crippen molar-refractivity contribution in [2.75, 3.05) is 6.61 Å². The zero-order chi connectivity index (χ0) is 14.4. The van der Waals surface area contributed by atoms with Crippen molar-refractivity contribution in [2.24, 2.45) is 11.7 Å². The average molecular weight is 277 g/mol. The van der Waals surface area contributed by atoms with Crippen LogP contribution in [0.4, 0.5) is 0 Å². The van der Waals surface area contributed by atoms with Crippen LogP contribution in [0.25, 0.3) is 0 Å². The molecule has 2 N–H and O–H groups in total. The van der Waals surface area contributed by atoms with Crippen molar-refractivity contribution in [1.29, 1.82) is 0 Å². The van der Waals surface area contributed by atoms with Gasteiger partial charge in [0.25, 0.3) is 0 Å². The van der Waals surface area contributed by atoms with E-state index in [1.54, 1.807) is 0 Å². The molecule has 0 aromatic heterocycles. The van der Waals surface area contributed by atoms with Crippen molar-refractivity contribution >= 4 is 0 Å². The molecule has 112 valence electrons. The van der Waals surface area contributed by atoms with E-state index >= 15 is 0 Å². The predicted molar refractivity (Wildman–Crippen MR) is 82.3 cm³/mol. The second-order valence-electron chi connectivity index (χ2n) is 5.69. The number of hydrogen-bond donors (Lipinski definition) is 1. The quantitative estimate of drug-likeness (QED) is 0.861. The van der Waals surface area contributed by atoms with Crippen LogP contribution in [0.2, 0.25) is 0 Å². The SMILES string of the molecule is CCCC1CCC(N)C(Oc2ccc(OCC)cc2)C1. The third kappa shape index (κ3) is 4.14. The molecule has 1 aromatic rings. The van der Waals surface area contributed by atoms with E-state index in [1.165, 1.54) is 19.3 Å². The van der Waals surface area contributed by atoms with Crippen molar-refractivity contribution < 1.29 is 9.47 Å². The minimum Gasteiger partial charge on any atom is -0.494 e. The van der Waals surface area contributed by atoms with Gasteiger partial charge in [-0.1, -0.05) is 19.8 Å². The molecule has 1 fully saturated rings. The molecule has 2 rings (SSSR count). The zero-order valence-electron chi connectivity index (χ0n) is 12.7. The van der Waals surface area contributed by atoms with E-state index in [1.807, 2.05) is 31.2 Å². The van der Waals surface area contributed by atoms with Gasteiger partial charge in [0, 0.05) is 6.04 Å². The summed E-state index contributed by atoms with van der Waals surface area (Å²) in [6.45, 7) is 4.92. The van der Waals surface area contributed by atoms with Gasteiger partial charge >= 0.3 is 0 Å². The van der Waals surface area contributed by atoms with E-state index in [0.717, 1.165) is 30.3 Å². The summed E-state index contributed by atoms with van der Waals surface area (Å²) < 4.78 is 11.5. The normalized spacial score (nSPS) is 26.2. The fraction of sp³-hybridized carbons (Fsp3) is 0.647. The number of benzene rings is 1. The molecular formula is C17H27NO2. The molecule has 0 spiro atoms. The lowest BCUT2D eigenvalue weighted by Gasteiger charge is -2.34. The van der Waals surface area contributed by atoms with Crippen molar-refractivity contribution in [3.05, 3.63) is 24.3 Å². The monoisotopic (exact) mass is 277 g/mol. The number of rotatable bonds is 6. The van der Waals surface area contributed by atoms with Gasteiger partial charge in [-0.05, 0) is 56.4 Å². The molecule has 0 amide bonds. The van der Waals surface area contributed by atoms with Crippen LogP contribution in [-0.2, 0) is 0 Å². The highest BCUT2D eigenvalue weighted by Gasteiger charge is 2.29. The Bertz CT molecular complexity index is 390. The molecule has 3 heteroatoms. The maximum atomic E-state index is 6.21. The molecule has 1 aliphatic rings. The number of hydrogen-bond acceptors (Lipinski definition) is 3. The van der Waals surface area contributed by atoms with E-state index < -0.39 is 0 Å². The van der Waals surface area contributed by atoms with Crippen LogP contribution in [0.5, 0.6) is 11.5 Å². The van der Waals surface area contributed by atoms with Crippen molar-refractivity contribution in [3.63, 3.8) is 0 Å². The van der Waals surface area contributed by atoms with Gasteiger partial charge in [0.05, 0.1) is 6.61 Å². The summed E-state index contributed by atoms with van der Waals surface area (Å²) in [5, 5.41) is 0. The van der Waals surface area contributed by atoms with Crippen LogP contribution in [0, 0.1) is 5.92 Å². The van der Waals surface area contributed by atoms with Crippen LogP contribution < -0.4 is 15.2 Å². The van der Waals surface area contributed by atoms with Crippen molar-refractivity contribution in [2.45, 2.75) is 58.1 Å². The van der Waals surface area contributed by atoms with Gasteiger partial charge < -0.3 is 15.2 Å². The van der Waals surface area contributed by atoms with Gasteiger partial charge in [-0.15, -0.1) is 0 Å². The molecule has 20 heavy (non-hydrogen) atoms. The second-order valence-corrected chi connectivity index (χ2v) is 5.69. The Balaban J connectivity index is 1.93. The summed E-state index contributed by atoms with van der Waals surface area (Å²) in [5.41, 5.74) is 6.21. The fourth-order valence-electron chi connectivity index (χ4n) is 3.00. The Kier molecular flexibility index (Phi) is 5.72. The molecule has 1 saturated carbocycles. The summed E-state index contributed by atoms with van der Waals surface area (Å²) in [7, 11) is 0. The van der Waals surface area contributed by atoms with E-state index in [9.17, 15) is 0 Å². The Labute approximate surface area is 122 Å². The lowest BCUT2D eigenvalue weighted by atomic mass is 9.82. The van der Waals surface area contributed by atoms with Crippen LogP contribution in [-0.4, -0.2) is 18.8 Å². The first-order chi connectivity index (χ1) is 9.72. The molecule has 3 atom stereocenters. The Hall–Kier alpha value is -1.22. The van der Waals surface area contributed by atoms with Gasteiger partial charge in [-0.2, -0.15) is 0 Å². The van der Waals surface area contributed by atoms with Gasteiger partial charge in [-0.25, -0.2) is 0 Å². The molecular weight excluding hydrogens is 250 g/mol. The molecule has 1 aliphatic carbocycles. The summed E-state index contributed by atoms with van der Waals surface area (Å²) in [6, 6.07) is 8.02. The smallest absolute Gasteiger partial charge is 0.120 e. The van der Waals surface area contributed by atoms with E-state index in [-0.39, 0.29) is 12.1 Å². The van der Waals surface area contributed by atoms with Gasteiger partial charge in [0.2, 0.25) is 0 Å². The maximum Gasteiger partial charge on any atom is 0.120 e. The van der Waals surface area contributed by atoms with Crippen LogP contribution in [0.15, 0.2) is 24.3 Å². The molecule has 0 aliphatic heterocycles. The topological polar surface area (TPSA) is 44.5 Å².